The van der Waals surface area contributed by atoms with Gasteiger partial charge in [0.15, 0.2) is 0 Å². The second-order valence-electron chi connectivity index (χ2n) is 7.56. The molecule has 1 atom stereocenters. The van der Waals surface area contributed by atoms with Gasteiger partial charge in [-0.1, -0.05) is 68.4 Å². The first kappa shape index (κ1) is 24.9. The van der Waals surface area contributed by atoms with E-state index in [0.717, 1.165) is 38.5 Å². The summed E-state index contributed by atoms with van der Waals surface area (Å²) in [7, 11) is 0. The van der Waals surface area contributed by atoms with Crippen LogP contribution in [0.15, 0.2) is 48.6 Å². The Kier molecular flexibility index (Phi) is 14.5. The maximum absolute atomic E-state index is 12.1. The SMILES string of the molecule is CCCCC/C=C\C/C=C\C/C=C\C/C=C\CCCC(=O)N1CCC[C@H]1C(=O)O. The number of hydrogen-bond acceptors (Lipinski definition) is 2. The highest BCUT2D eigenvalue weighted by atomic mass is 16.4. The van der Waals surface area contributed by atoms with Crippen molar-refractivity contribution in [3.8, 4) is 0 Å². The summed E-state index contributed by atoms with van der Waals surface area (Å²) in [5.74, 6) is -0.901. The first-order chi connectivity index (χ1) is 14.2. The van der Waals surface area contributed by atoms with Crippen LogP contribution in [0, 0.1) is 0 Å². The van der Waals surface area contributed by atoms with Crippen molar-refractivity contribution in [1.29, 1.82) is 0 Å². The van der Waals surface area contributed by atoms with Gasteiger partial charge in [-0.15, -0.1) is 0 Å². The van der Waals surface area contributed by atoms with Crippen molar-refractivity contribution in [1.82, 2.24) is 4.90 Å². The Morgan fingerprint density at radius 1 is 0.862 bits per heavy atom. The van der Waals surface area contributed by atoms with E-state index < -0.39 is 12.0 Å². The molecule has 0 bridgehead atoms. The average molecular weight is 402 g/mol. The first-order valence-electron chi connectivity index (χ1n) is 11.3. The van der Waals surface area contributed by atoms with Crippen LogP contribution in [0.4, 0.5) is 0 Å². The van der Waals surface area contributed by atoms with Gasteiger partial charge in [-0.25, -0.2) is 4.79 Å². The topological polar surface area (TPSA) is 57.6 Å². The van der Waals surface area contributed by atoms with E-state index in [9.17, 15) is 9.59 Å². The molecule has 1 saturated heterocycles. The third-order valence-electron chi connectivity index (χ3n) is 5.08. The molecule has 0 aromatic carbocycles. The van der Waals surface area contributed by atoms with Crippen LogP contribution in [0.1, 0.15) is 84.0 Å². The average Bonchev–Trinajstić information content (AvgIpc) is 3.20. The number of carboxylic acid groups (broad SMARTS) is 1. The molecule has 0 radical (unpaired) electrons. The van der Waals surface area contributed by atoms with Crippen LogP contribution in [0.2, 0.25) is 0 Å². The lowest BCUT2D eigenvalue weighted by Crippen LogP contribution is -2.40. The van der Waals surface area contributed by atoms with E-state index in [2.05, 4.69) is 55.5 Å². The monoisotopic (exact) mass is 401 g/mol. The van der Waals surface area contributed by atoms with E-state index in [-0.39, 0.29) is 5.91 Å². The Labute approximate surface area is 177 Å². The van der Waals surface area contributed by atoms with Gasteiger partial charge in [-0.05, 0) is 57.8 Å². The van der Waals surface area contributed by atoms with Gasteiger partial charge in [0.1, 0.15) is 6.04 Å². The quantitative estimate of drug-likeness (QED) is 0.262. The lowest BCUT2D eigenvalue weighted by Gasteiger charge is -2.21. The Bertz CT molecular complexity index is 575. The summed E-state index contributed by atoms with van der Waals surface area (Å²) in [6.07, 6.45) is 28.9. The molecule has 1 aliphatic heterocycles. The van der Waals surface area contributed by atoms with E-state index >= 15 is 0 Å². The minimum atomic E-state index is -0.878. The molecule has 29 heavy (non-hydrogen) atoms. The number of nitrogens with zero attached hydrogens (tertiary/aromatic N) is 1. The molecule has 1 rings (SSSR count). The van der Waals surface area contributed by atoms with Crippen molar-refractivity contribution in [3.05, 3.63) is 48.6 Å². The van der Waals surface area contributed by atoms with Gasteiger partial charge in [0.05, 0.1) is 0 Å². The summed E-state index contributed by atoms with van der Waals surface area (Å²) in [5.41, 5.74) is 0. The van der Waals surface area contributed by atoms with Crippen LogP contribution >= 0.6 is 0 Å². The second kappa shape index (κ2) is 16.8. The Morgan fingerprint density at radius 3 is 1.97 bits per heavy atom. The number of likely N-dealkylation sites (tertiary alicyclic amines) is 1. The summed E-state index contributed by atoms with van der Waals surface area (Å²) >= 11 is 0. The van der Waals surface area contributed by atoms with Crippen molar-refractivity contribution < 1.29 is 14.7 Å². The molecule has 1 amide bonds. The van der Waals surface area contributed by atoms with Gasteiger partial charge in [0, 0.05) is 13.0 Å². The van der Waals surface area contributed by atoms with Crippen LogP contribution in [0.25, 0.3) is 0 Å². The Hall–Kier alpha value is -2.10. The highest BCUT2D eigenvalue weighted by Crippen LogP contribution is 2.19. The number of unbranched alkanes of at least 4 members (excludes halogenated alkanes) is 4. The Morgan fingerprint density at radius 2 is 1.41 bits per heavy atom. The van der Waals surface area contributed by atoms with E-state index in [0.29, 0.717) is 19.4 Å². The molecule has 0 unspecified atom stereocenters. The zero-order valence-corrected chi connectivity index (χ0v) is 18.1. The molecule has 4 heteroatoms. The van der Waals surface area contributed by atoms with Gasteiger partial charge < -0.3 is 10.0 Å². The van der Waals surface area contributed by atoms with Gasteiger partial charge in [0.25, 0.3) is 0 Å². The number of amides is 1. The maximum Gasteiger partial charge on any atom is 0.326 e. The summed E-state index contributed by atoms with van der Waals surface area (Å²) < 4.78 is 0. The smallest absolute Gasteiger partial charge is 0.326 e. The zero-order chi connectivity index (χ0) is 21.2. The lowest BCUT2D eigenvalue weighted by atomic mass is 10.1. The minimum Gasteiger partial charge on any atom is -0.480 e. The van der Waals surface area contributed by atoms with Gasteiger partial charge >= 0.3 is 5.97 Å². The Balaban J connectivity index is 2.01. The number of carbonyl (C=O) groups is 2. The maximum atomic E-state index is 12.1. The summed E-state index contributed by atoms with van der Waals surface area (Å²) in [6, 6.07) is -0.612. The number of rotatable bonds is 15. The molecule has 0 saturated carbocycles. The van der Waals surface area contributed by atoms with Crippen molar-refractivity contribution in [2.24, 2.45) is 0 Å². The van der Waals surface area contributed by atoms with E-state index in [1.807, 2.05) is 0 Å². The normalized spacial score (nSPS) is 17.6. The number of carboxylic acids is 1. The molecular weight excluding hydrogens is 362 g/mol. The molecule has 0 aromatic rings. The number of hydrogen-bond donors (Lipinski definition) is 1. The van der Waals surface area contributed by atoms with Crippen molar-refractivity contribution in [2.45, 2.75) is 90.0 Å². The molecule has 1 heterocycles. The number of carbonyl (C=O) groups excluding carboxylic acids is 1. The van der Waals surface area contributed by atoms with Gasteiger partial charge in [0.2, 0.25) is 5.91 Å². The van der Waals surface area contributed by atoms with Gasteiger partial charge in [-0.2, -0.15) is 0 Å². The minimum absolute atomic E-state index is 0.0224. The standard InChI is InChI=1S/C25H39NO3/c1-2-3-4-5-6-7-8-9-10-11-12-13-14-15-16-17-18-21-24(27)26-22-19-20-23(26)25(28)29/h6-7,9-10,12-13,15-16,23H,2-5,8,11,14,17-22H2,1H3,(H,28,29)/b7-6-,10-9-,13-12-,16-15-/t23-/m0/s1. The second-order valence-corrected chi connectivity index (χ2v) is 7.56. The van der Waals surface area contributed by atoms with Crippen molar-refractivity contribution in [2.75, 3.05) is 6.54 Å². The third kappa shape index (κ3) is 12.1. The van der Waals surface area contributed by atoms with Crippen LogP contribution in [0.5, 0.6) is 0 Å². The molecule has 4 nitrogen and oxygen atoms in total. The van der Waals surface area contributed by atoms with Crippen LogP contribution in [-0.4, -0.2) is 34.5 Å². The molecule has 162 valence electrons. The predicted molar refractivity (Wildman–Crippen MR) is 121 cm³/mol. The van der Waals surface area contributed by atoms with Crippen LogP contribution in [0.3, 0.4) is 0 Å². The van der Waals surface area contributed by atoms with Crippen molar-refractivity contribution in [3.63, 3.8) is 0 Å². The van der Waals surface area contributed by atoms with E-state index in [1.165, 1.54) is 30.6 Å². The third-order valence-corrected chi connectivity index (χ3v) is 5.08. The summed E-state index contributed by atoms with van der Waals surface area (Å²) in [5, 5.41) is 9.13. The van der Waals surface area contributed by atoms with E-state index in [1.54, 1.807) is 0 Å². The number of aliphatic carboxylic acids is 1. The molecule has 0 aliphatic carbocycles. The highest BCUT2D eigenvalue weighted by Gasteiger charge is 2.33. The van der Waals surface area contributed by atoms with Crippen molar-refractivity contribution >= 4 is 11.9 Å². The molecule has 0 spiro atoms. The fourth-order valence-electron chi connectivity index (χ4n) is 3.40. The fraction of sp³-hybridized carbons (Fsp3) is 0.600. The molecule has 0 aromatic heterocycles. The zero-order valence-electron chi connectivity index (χ0n) is 18.1. The first-order valence-corrected chi connectivity index (χ1v) is 11.3. The highest BCUT2D eigenvalue weighted by molar-refractivity contribution is 5.84. The molecule has 1 N–H and O–H groups in total. The lowest BCUT2D eigenvalue weighted by molar-refractivity contribution is -0.148. The molecule has 1 fully saturated rings. The van der Waals surface area contributed by atoms with Crippen LogP contribution < -0.4 is 0 Å². The summed E-state index contributed by atoms with van der Waals surface area (Å²) in [4.78, 5) is 24.8. The predicted octanol–water partition coefficient (Wildman–Crippen LogP) is 6.21. The number of allylic oxidation sites excluding steroid dienone is 8. The largest absolute Gasteiger partial charge is 0.480 e. The van der Waals surface area contributed by atoms with E-state index in [4.69, 9.17) is 5.11 Å². The van der Waals surface area contributed by atoms with Crippen LogP contribution in [-0.2, 0) is 9.59 Å². The van der Waals surface area contributed by atoms with Gasteiger partial charge in [-0.3, -0.25) is 4.79 Å². The fourth-order valence-corrected chi connectivity index (χ4v) is 3.40. The molecule has 1 aliphatic rings. The molecular formula is C25H39NO3. The summed E-state index contributed by atoms with van der Waals surface area (Å²) in [6.45, 7) is 2.81.